The number of hydrogen-bond acceptors (Lipinski definition) is 2. The van der Waals surface area contributed by atoms with Crippen molar-refractivity contribution in [3.05, 3.63) is 0 Å². The van der Waals surface area contributed by atoms with Crippen LogP contribution in [-0.2, 0) is 0 Å². The zero-order valence-electron chi connectivity index (χ0n) is 7.56. The van der Waals surface area contributed by atoms with Crippen molar-refractivity contribution in [3.8, 4) is 0 Å². The number of hydrogen-bond donors (Lipinski definition) is 2. The molecule has 0 aromatic rings. The van der Waals surface area contributed by atoms with E-state index in [1.165, 1.54) is 19.3 Å². The Balaban J connectivity index is 2.02. The maximum Gasteiger partial charge on any atom is 0.0524 e. The van der Waals surface area contributed by atoms with Crippen LogP contribution >= 0.6 is 0 Å². The van der Waals surface area contributed by atoms with E-state index in [1.54, 1.807) is 0 Å². The predicted octanol–water partition coefficient (Wildman–Crippen LogP) is 1.29. The summed E-state index contributed by atoms with van der Waals surface area (Å²) in [7, 11) is 0. The quantitative estimate of drug-likeness (QED) is 0.644. The second-order valence-electron chi connectivity index (χ2n) is 3.98. The molecular formula is C9H19NO. The summed E-state index contributed by atoms with van der Waals surface area (Å²) in [4.78, 5) is 0. The number of aliphatic hydroxyl groups excluding tert-OH is 1. The summed E-state index contributed by atoms with van der Waals surface area (Å²) in [5, 5.41) is 12.5. The second-order valence-corrected chi connectivity index (χ2v) is 3.98. The van der Waals surface area contributed by atoms with Crippen LogP contribution in [0.5, 0.6) is 0 Å². The molecule has 1 aliphatic carbocycles. The molecule has 11 heavy (non-hydrogen) atoms. The molecule has 0 saturated heterocycles. The molecule has 0 heterocycles. The Morgan fingerprint density at radius 1 is 1.55 bits per heavy atom. The van der Waals surface area contributed by atoms with E-state index in [0.717, 1.165) is 13.0 Å². The van der Waals surface area contributed by atoms with Crippen LogP contribution in [0, 0.1) is 0 Å². The van der Waals surface area contributed by atoms with Gasteiger partial charge in [-0.3, -0.25) is 0 Å². The molecule has 1 rings (SSSR count). The summed E-state index contributed by atoms with van der Waals surface area (Å²) in [5.41, 5.74) is 0.398. The molecule has 0 bridgehead atoms. The van der Waals surface area contributed by atoms with Crippen LogP contribution in [0.3, 0.4) is 0 Å². The lowest BCUT2D eigenvalue weighted by atomic mass is 9.78. The summed E-state index contributed by atoms with van der Waals surface area (Å²) < 4.78 is 0. The topological polar surface area (TPSA) is 32.3 Å². The van der Waals surface area contributed by atoms with Crippen LogP contribution < -0.4 is 5.32 Å². The predicted molar refractivity (Wildman–Crippen MR) is 46.6 cm³/mol. The fourth-order valence-electron chi connectivity index (χ4n) is 1.47. The number of rotatable bonds is 4. The summed E-state index contributed by atoms with van der Waals surface area (Å²) in [6.07, 6.45) is 4.67. The van der Waals surface area contributed by atoms with Gasteiger partial charge in [0, 0.05) is 5.54 Å². The van der Waals surface area contributed by atoms with Crippen molar-refractivity contribution in [2.45, 2.75) is 51.2 Å². The van der Waals surface area contributed by atoms with Gasteiger partial charge in [-0.2, -0.15) is 0 Å². The van der Waals surface area contributed by atoms with Crippen molar-refractivity contribution in [2.75, 3.05) is 6.54 Å². The number of aliphatic hydroxyl groups is 1. The highest BCUT2D eigenvalue weighted by molar-refractivity contribution is 4.91. The molecule has 1 saturated carbocycles. The van der Waals surface area contributed by atoms with E-state index in [0.29, 0.717) is 5.54 Å². The third kappa shape index (κ3) is 2.80. The van der Waals surface area contributed by atoms with Crippen molar-refractivity contribution < 1.29 is 5.11 Å². The van der Waals surface area contributed by atoms with E-state index in [1.807, 2.05) is 6.92 Å². The van der Waals surface area contributed by atoms with Gasteiger partial charge in [0.2, 0.25) is 0 Å². The van der Waals surface area contributed by atoms with Gasteiger partial charge in [-0.05, 0) is 46.1 Å². The highest BCUT2D eigenvalue weighted by atomic mass is 16.3. The molecule has 0 spiro atoms. The molecule has 0 radical (unpaired) electrons. The molecule has 66 valence electrons. The smallest absolute Gasteiger partial charge is 0.0524 e. The fourth-order valence-corrected chi connectivity index (χ4v) is 1.47. The Morgan fingerprint density at radius 3 is 2.55 bits per heavy atom. The lowest BCUT2D eigenvalue weighted by molar-refractivity contribution is 0.161. The third-order valence-corrected chi connectivity index (χ3v) is 2.57. The first-order valence-electron chi connectivity index (χ1n) is 4.55. The van der Waals surface area contributed by atoms with Crippen molar-refractivity contribution in [3.63, 3.8) is 0 Å². The molecule has 0 amide bonds. The molecule has 2 heteroatoms. The highest BCUT2D eigenvalue weighted by Crippen LogP contribution is 2.30. The Bertz CT molecular complexity index is 119. The van der Waals surface area contributed by atoms with E-state index in [4.69, 9.17) is 5.11 Å². The van der Waals surface area contributed by atoms with E-state index in [-0.39, 0.29) is 6.10 Å². The van der Waals surface area contributed by atoms with E-state index in [9.17, 15) is 0 Å². The Hall–Kier alpha value is -0.0800. The molecule has 1 unspecified atom stereocenters. The normalized spacial score (nSPS) is 24.3. The van der Waals surface area contributed by atoms with Crippen LogP contribution in [-0.4, -0.2) is 23.3 Å². The monoisotopic (exact) mass is 157 g/mol. The van der Waals surface area contributed by atoms with Gasteiger partial charge in [0.05, 0.1) is 6.10 Å². The SMILES string of the molecule is CC(O)CCNC1(C)CCC1. The van der Waals surface area contributed by atoms with Gasteiger partial charge in [-0.1, -0.05) is 0 Å². The highest BCUT2D eigenvalue weighted by Gasteiger charge is 2.30. The summed E-state index contributed by atoms with van der Waals surface area (Å²) in [6.45, 7) is 5.05. The Labute approximate surface area is 69.0 Å². The van der Waals surface area contributed by atoms with Crippen LogP contribution in [0.2, 0.25) is 0 Å². The molecule has 0 aliphatic heterocycles. The largest absolute Gasteiger partial charge is 0.393 e. The average Bonchev–Trinajstić information content (AvgIpc) is 1.83. The van der Waals surface area contributed by atoms with Gasteiger partial charge in [0.1, 0.15) is 0 Å². The van der Waals surface area contributed by atoms with E-state index < -0.39 is 0 Å². The molecule has 2 nitrogen and oxygen atoms in total. The lowest BCUT2D eigenvalue weighted by Gasteiger charge is -2.39. The van der Waals surface area contributed by atoms with Gasteiger partial charge in [-0.15, -0.1) is 0 Å². The molecule has 0 aromatic carbocycles. The summed E-state index contributed by atoms with van der Waals surface area (Å²) in [5.74, 6) is 0. The van der Waals surface area contributed by atoms with Gasteiger partial charge < -0.3 is 10.4 Å². The molecule has 1 aliphatic rings. The maximum absolute atomic E-state index is 9.00. The zero-order chi connectivity index (χ0) is 8.32. The second kappa shape index (κ2) is 3.55. The van der Waals surface area contributed by atoms with E-state index in [2.05, 4.69) is 12.2 Å². The maximum atomic E-state index is 9.00. The van der Waals surface area contributed by atoms with Crippen molar-refractivity contribution in [2.24, 2.45) is 0 Å². The first-order valence-corrected chi connectivity index (χ1v) is 4.55. The zero-order valence-corrected chi connectivity index (χ0v) is 7.56. The minimum atomic E-state index is -0.161. The molecule has 0 aromatic heterocycles. The van der Waals surface area contributed by atoms with Crippen LogP contribution in [0.4, 0.5) is 0 Å². The first kappa shape index (κ1) is 9.01. The van der Waals surface area contributed by atoms with Gasteiger partial charge in [-0.25, -0.2) is 0 Å². The number of nitrogens with one attached hydrogen (secondary N) is 1. The van der Waals surface area contributed by atoms with Gasteiger partial charge in [0.25, 0.3) is 0 Å². The van der Waals surface area contributed by atoms with Crippen LogP contribution in [0.25, 0.3) is 0 Å². The van der Waals surface area contributed by atoms with Crippen molar-refractivity contribution >= 4 is 0 Å². The third-order valence-electron chi connectivity index (χ3n) is 2.57. The first-order chi connectivity index (χ1) is 5.12. The minimum Gasteiger partial charge on any atom is -0.393 e. The molecule has 1 fully saturated rings. The van der Waals surface area contributed by atoms with Gasteiger partial charge in [0.15, 0.2) is 0 Å². The fraction of sp³-hybridized carbons (Fsp3) is 1.00. The molecule has 1 atom stereocenters. The molecule has 2 N–H and O–H groups in total. The van der Waals surface area contributed by atoms with Crippen LogP contribution in [0.1, 0.15) is 39.5 Å². The minimum absolute atomic E-state index is 0.161. The Morgan fingerprint density at radius 2 is 2.18 bits per heavy atom. The van der Waals surface area contributed by atoms with E-state index >= 15 is 0 Å². The standard InChI is InChI=1S/C9H19NO/c1-8(11)4-7-10-9(2)5-3-6-9/h8,10-11H,3-7H2,1-2H3. The summed E-state index contributed by atoms with van der Waals surface area (Å²) >= 11 is 0. The van der Waals surface area contributed by atoms with Crippen molar-refractivity contribution in [1.82, 2.24) is 5.32 Å². The average molecular weight is 157 g/mol. The Kier molecular flexibility index (Phi) is 2.90. The van der Waals surface area contributed by atoms with Crippen LogP contribution in [0.15, 0.2) is 0 Å². The van der Waals surface area contributed by atoms with Gasteiger partial charge >= 0.3 is 0 Å². The summed E-state index contributed by atoms with van der Waals surface area (Å²) in [6, 6.07) is 0. The van der Waals surface area contributed by atoms with Crippen molar-refractivity contribution in [1.29, 1.82) is 0 Å². The molecular weight excluding hydrogens is 138 g/mol. The lowest BCUT2D eigenvalue weighted by Crippen LogP contribution is -2.48.